The van der Waals surface area contributed by atoms with Crippen LogP contribution in [0, 0.1) is 23.1 Å². The van der Waals surface area contributed by atoms with Gasteiger partial charge in [0.1, 0.15) is 5.82 Å². The number of aliphatic carboxylic acids is 2. The van der Waals surface area contributed by atoms with Gasteiger partial charge in [0.05, 0.1) is 24.3 Å². The maximum atomic E-state index is 13.3. The summed E-state index contributed by atoms with van der Waals surface area (Å²) in [5, 5.41) is 20.6. The Hall–Kier alpha value is -2.44. The van der Waals surface area contributed by atoms with E-state index in [2.05, 4.69) is 5.32 Å². The van der Waals surface area contributed by atoms with Crippen molar-refractivity contribution in [1.82, 2.24) is 5.32 Å². The molecule has 1 aromatic carbocycles. The maximum Gasteiger partial charge on any atom is 0.307 e. The van der Waals surface area contributed by atoms with Gasteiger partial charge < -0.3 is 15.5 Å². The summed E-state index contributed by atoms with van der Waals surface area (Å²) in [5.74, 6) is -4.81. The Labute approximate surface area is 132 Å². The van der Waals surface area contributed by atoms with Crippen LogP contribution in [-0.2, 0) is 14.4 Å². The lowest BCUT2D eigenvalue weighted by Crippen LogP contribution is -2.33. The number of nitrogens with one attached hydrogen (secondary N) is 1. The highest BCUT2D eigenvalue weighted by Crippen LogP contribution is 2.58. The quantitative estimate of drug-likeness (QED) is 0.741. The van der Waals surface area contributed by atoms with Crippen LogP contribution in [0.4, 0.5) is 4.39 Å². The molecule has 1 aromatic rings. The number of carboxylic acid groups (broad SMARTS) is 2. The Morgan fingerprint density at radius 2 is 1.91 bits per heavy atom. The predicted octanol–water partition coefficient (Wildman–Crippen LogP) is 1.81. The summed E-state index contributed by atoms with van der Waals surface area (Å²) in [4.78, 5) is 34.5. The summed E-state index contributed by atoms with van der Waals surface area (Å²) in [7, 11) is 0. The van der Waals surface area contributed by atoms with E-state index in [9.17, 15) is 18.8 Å². The summed E-state index contributed by atoms with van der Waals surface area (Å²) in [6.07, 6.45) is -0.417. The second-order valence-electron chi connectivity index (χ2n) is 6.33. The number of halogens is 1. The van der Waals surface area contributed by atoms with Crippen LogP contribution in [0.2, 0.25) is 0 Å². The minimum atomic E-state index is -1.15. The molecule has 1 fully saturated rings. The van der Waals surface area contributed by atoms with E-state index in [1.807, 2.05) is 0 Å². The predicted molar refractivity (Wildman–Crippen MR) is 77.9 cm³/mol. The second-order valence-corrected chi connectivity index (χ2v) is 6.33. The van der Waals surface area contributed by atoms with Crippen LogP contribution in [0.15, 0.2) is 24.3 Å². The number of amides is 1. The van der Waals surface area contributed by atoms with E-state index in [0.29, 0.717) is 5.56 Å². The molecule has 0 bridgehead atoms. The summed E-state index contributed by atoms with van der Waals surface area (Å²) < 4.78 is 13.3. The van der Waals surface area contributed by atoms with Crippen molar-refractivity contribution < 1.29 is 29.0 Å². The molecule has 0 saturated heterocycles. The number of carbonyl (C=O) groups excluding carboxylic acids is 1. The van der Waals surface area contributed by atoms with Gasteiger partial charge in [-0.15, -0.1) is 0 Å². The molecule has 2 rings (SSSR count). The maximum absolute atomic E-state index is 13.3. The van der Waals surface area contributed by atoms with E-state index in [-0.39, 0.29) is 0 Å². The molecule has 1 saturated carbocycles. The molecule has 0 aliphatic heterocycles. The van der Waals surface area contributed by atoms with Gasteiger partial charge in [-0.2, -0.15) is 0 Å². The van der Waals surface area contributed by atoms with Crippen molar-refractivity contribution in [3.05, 3.63) is 35.6 Å². The minimum Gasteiger partial charge on any atom is -0.481 e. The molecule has 0 radical (unpaired) electrons. The summed E-state index contributed by atoms with van der Waals surface area (Å²) in [6, 6.07) is 4.39. The molecular weight excluding hydrogens is 305 g/mol. The highest BCUT2D eigenvalue weighted by atomic mass is 19.1. The van der Waals surface area contributed by atoms with Crippen LogP contribution in [0.1, 0.15) is 31.9 Å². The van der Waals surface area contributed by atoms with Crippen LogP contribution in [-0.4, -0.2) is 28.1 Å². The number of carboxylic acids is 2. The van der Waals surface area contributed by atoms with Gasteiger partial charge in [0.25, 0.3) is 0 Å². The average molecular weight is 323 g/mol. The van der Waals surface area contributed by atoms with Crippen molar-refractivity contribution >= 4 is 17.8 Å². The molecule has 1 aliphatic rings. The first-order valence-corrected chi connectivity index (χ1v) is 7.15. The first-order valence-electron chi connectivity index (χ1n) is 7.15. The van der Waals surface area contributed by atoms with Gasteiger partial charge in [0, 0.05) is 0 Å². The first-order chi connectivity index (χ1) is 10.6. The normalized spacial score (nSPS) is 22.9. The van der Waals surface area contributed by atoms with Gasteiger partial charge in [0.15, 0.2) is 0 Å². The Balaban J connectivity index is 2.17. The Kier molecular flexibility index (Phi) is 4.40. The third-order valence-corrected chi connectivity index (χ3v) is 4.32. The number of hydrogen-bond donors (Lipinski definition) is 3. The highest BCUT2D eigenvalue weighted by Gasteiger charge is 2.66. The van der Waals surface area contributed by atoms with Gasteiger partial charge in [-0.25, -0.2) is 4.39 Å². The van der Waals surface area contributed by atoms with E-state index in [1.165, 1.54) is 18.2 Å². The standard InChI is InChI=1S/C16H18FNO5/c1-16(2)12(13(16)15(22)23)14(21)18-10(7-11(19)20)8-4-3-5-9(17)6-8/h3-6,10,12-13H,7H2,1-2H3,(H,18,21)(H,19,20)(H,22,23)/t10-,12-,13+/m1/s1. The molecule has 1 aliphatic carbocycles. The molecule has 6 nitrogen and oxygen atoms in total. The van der Waals surface area contributed by atoms with Crippen molar-refractivity contribution in [2.75, 3.05) is 0 Å². The first kappa shape index (κ1) is 16.9. The number of rotatable bonds is 6. The molecule has 23 heavy (non-hydrogen) atoms. The second kappa shape index (κ2) is 5.98. The van der Waals surface area contributed by atoms with Gasteiger partial charge in [-0.05, 0) is 23.1 Å². The third-order valence-electron chi connectivity index (χ3n) is 4.32. The van der Waals surface area contributed by atoms with Crippen LogP contribution in [0.5, 0.6) is 0 Å². The highest BCUT2D eigenvalue weighted by molar-refractivity contribution is 5.92. The zero-order valence-corrected chi connectivity index (χ0v) is 12.7. The molecule has 7 heteroatoms. The Morgan fingerprint density at radius 1 is 1.26 bits per heavy atom. The molecule has 0 heterocycles. The van der Waals surface area contributed by atoms with Gasteiger partial charge >= 0.3 is 11.9 Å². The van der Waals surface area contributed by atoms with E-state index in [1.54, 1.807) is 13.8 Å². The fourth-order valence-corrected chi connectivity index (χ4v) is 3.00. The molecule has 3 atom stereocenters. The lowest BCUT2D eigenvalue weighted by Gasteiger charge is -2.18. The summed E-state index contributed by atoms with van der Waals surface area (Å²) in [5.41, 5.74) is -0.364. The monoisotopic (exact) mass is 323 g/mol. The molecular formula is C16H18FNO5. The SMILES string of the molecule is CC1(C)[C@H](C(=O)O)[C@@H]1C(=O)N[C@H](CC(=O)O)c1cccc(F)c1. The van der Waals surface area contributed by atoms with Crippen LogP contribution in [0.3, 0.4) is 0 Å². The summed E-state index contributed by atoms with van der Waals surface area (Å²) in [6.45, 7) is 3.34. The van der Waals surface area contributed by atoms with E-state index in [4.69, 9.17) is 10.2 Å². The number of benzene rings is 1. The van der Waals surface area contributed by atoms with E-state index >= 15 is 0 Å². The smallest absolute Gasteiger partial charge is 0.307 e. The molecule has 0 aromatic heterocycles. The topological polar surface area (TPSA) is 104 Å². The molecule has 3 N–H and O–H groups in total. The minimum absolute atomic E-state index is 0.325. The molecule has 0 spiro atoms. The van der Waals surface area contributed by atoms with Gasteiger partial charge in [-0.1, -0.05) is 26.0 Å². The Bertz CT molecular complexity index is 658. The summed E-state index contributed by atoms with van der Waals surface area (Å²) >= 11 is 0. The van der Waals surface area contributed by atoms with Gasteiger partial charge in [-0.3, -0.25) is 14.4 Å². The van der Waals surface area contributed by atoms with Crippen LogP contribution >= 0.6 is 0 Å². The van der Waals surface area contributed by atoms with Crippen molar-refractivity contribution in [2.24, 2.45) is 17.3 Å². The Morgan fingerprint density at radius 3 is 2.39 bits per heavy atom. The van der Waals surface area contributed by atoms with Crippen molar-refractivity contribution in [3.63, 3.8) is 0 Å². The van der Waals surface area contributed by atoms with Crippen molar-refractivity contribution in [2.45, 2.75) is 26.3 Å². The van der Waals surface area contributed by atoms with Gasteiger partial charge in [0.2, 0.25) is 5.91 Å². The molecule has 124 valence electrons. The van der Waals surface area contributed by atoms with Crippen LogP contribution in [0.25, 0.3) is 0 Å². The van der Waals surface area contributed by atoms with E-state index in [0.717, 1.165) is 6.07 Å². The number of hydrogen-bond acceptors (Lipinski definition) is 3. The lowest BCUT2D eigenvalue weighted by atomic mass is 10.0. The fourth-order valence-electron chi connectivity index (χ4n) is 3.00. The number of carbonyl (C=O) groups is 3. The van der Waals surface area contributed by atoms with Crippen molar-refractivity contribution in [3.8, 4) is 0 Å². The largest absolute Gasteiger partial charge is 0.481 e. The average Bonchev–Trinajstić information content (AvgIpc) is 3.00. The fraction of sp³-hybridized carbons (Fsp3) is 0.438. The zero-order valence-electron chi connectivity index (χ0n) is 12.7. The van der Waals surface area contributed by atoms with Crippen molar-refractivity contribution in [1.29, 1.82) is 0 Å². The lowest BCUT2D eigenvalue weighted by molar-refractivity contribution is -0.141. The molecule has 0 unspecified atom stereocenters. The zero-order chi connectivity index (χ0) is 17.4. The van der Waals surface area contributed by atoms with E-state index < -0.39 is 53.4 Å². The van der Waals surface area contributed by atoms with Crippen LogP contribution < -0.4 is 5.32 Å². The third kappa shape index (κ3) is 3.49. The molecule has 1 amide bonds.